The monoisotopic (exact) mass is 410 g/mol. The van der Waals surface area contributed by atoms with Crippen molar-refractivity contribution in [3.8, 4) is 0 Å². The van der Waals surface area contributed by atoms with E-state index in [4.69, 9.17) is 0 Å². The van der Waals surface area contributed by atoms with E-state index in [1.54, 1.807) is 0 Å². The Morgan fingerprint density at radius 1 is 1.00 bits per heavy atom. The summed E-state index contributed by atoms with van der Waals surface area (Å²) in [5, 5.41) is 2.82. The van der Waals surface area contributed by atoms with Crippen molar-refractivity contribution in [3.05, 3.63) is 59.7 Å². The van der Waals surface area contributed by atoms with Crippen LogP contribution >= 0.6 is 0 Å². The zero-order valence-electron chi connectivity index (χ0n) is 15.8. The second-order valence-electron chi connectivity index (χ2n) is 8.47. The van der Waals surface area contributed by atoms with E-state index in [0.717, 1.165) is 16.2 Å². The molecule has 4 aliphatic rings. The maximum atomic E-state index is 14.2. The molecule has 2 N–H and O–H groups in total. The number of hydrogen-bond acceptors (Lipinski definition) is 3. The van der Waals surface area contributed by atoms with Crippen LogP contribution < -0.4 is 15.1 Å². The van der Waals surface area contributed by atoms with E-state index < -0.39 is 34.9 Å². The molecule has 4 heterocycles. The van der Waals surface area contributed by atoms with Crippen LogP contribution in [-0.4, -0.2) is 30.3 Å². The first kappa shape index (κ1) is 17.7. The number of quaternary nitrogens is 1. The zero-order chi connectivity index (χ0) is 20.8. The molecule has 2 aromatic carbocycles. The summed E-state index contributed by atoms with van der Waals surface area (Å²) in [6.45, 7) is 0.637. The number of halogens is 2. The molecule has 3 saturated heterocycles. The van der Waals surface area contributed by atoms with Gasteiger partial charge in [-0.2, -0.15) is 0 Å². The first-order valence-electron chi connectivity index (χ1n) is 10.1. The molecule has 0 aromatic heterocycles. The fourth-order valence-corrected chi connectivity index (χ4v) is 6.28. The Bertz CT molecular complexity index is 1130. The number of nitrogens with zero attached hydrogens (tertiary/aromatic N) is 1. The highest BCUT2D eigenvalue weighted by Crippen LogP contribution is 2.52. The van der Waals surface area contributed by atoms with Gasteiger partial charge in [0.25, 0.3) is 5.91 Å². The topological polar surface area (TPSA) is 70.9 Å². The lowest BCUT2D eigenvalue weighted by Crippen LogP contribution is -3.19. The molecule has 3 fully saturated rings. The smallest absolute Gasteiger partial charge is 0.291 e. The van der Waals surface area contributed by atoms with E-state index in [9.17, 15) is 23.2 Å². The van der Waals surface area contributed by atoms with Gasteiger partial charge in [0.05, 0.1) is 17.9 Å². The highest BCUT2D eigenvalue weighted by atomic mass is 19.1. The van der Waals surface area contributed by atoms with Gasteiger partial charge >= 0.3 is 0 Å². The van der Waals surface area contributed by atoms with Gasteiger partial charge in [0.2, 0.25) is 17.4 Å². The van der Waals surface area contributed by atoms with Gasteiger partial charge in [0.15, 0.2) is 0 Å². The van der Waals surface area contributed by atoms with Gasteiger partial charge < -0.3 is 10.2 Å². The Balaban J connectivity index is 1.56. The Morgan fingerprint density at radius 2 is 1.73 bits per heavy atom. The van der Waals surface area contributed by atoms with Crippen molar-refractivity contribution in [2.45, 2.75) is 24.4 Å². The third-order valence-corrected chi connectivity index (χ3v) is 7.26. The molecule has 1 unspecified atom stereocenters. The number of imide groups is 1. The standard InChI is InChI=1S/C22H17F2N3O3/c23-11-3-6-13(7-4-11)27-19(28)17-16-2-1-9-26(16)22(18(17)20(27)29)14-10-12(24)5-8-15(14)25-21(22)30/h3-8,10,16-18H,1-2,9H2,(H,25,30)/p+1/t16-,17+,18+,22-/m1/s1. The molecule has 4 aliphatic heterocycles. The number of amides is 3. The minimum absolute atomic E-state index is 0.197. The Labute approximate surface area is 170 Å². The van der Waals surface area contributed by atoms with Crippen LogP contribution in [0, 0.1) is 23.5 Å². The lowest BCUT2D eigenvalue weighted by atomic mass is 9.75. The van der Waals surface area contributed by atoms with Gasteiger partial charge in [-0.15, -0.1) is 0 Å². The Kier molecular flexibility index (Phi) is 3.38. The fraction of sp³-hybridized carbons (Fsp3) is 0.318. The van der Waals surface area contributed by atoms with E-state index in [1.807, 2.05) is 0 Å². The predicted octanol–water partition coefficient (Wildman–Crippen LogP) is 0.979. The first-order chi connectivity index (χ1) is 14.4. The summed E-state index contributed by atoms with van der Waals surface area (Å²) in [5.74, 6) is -3.75. The van der Waals surface area contributed by atoms with Crippen LogP contribution in [0.3, 0.4) is 0 Å². The number of anilines is 2. The number of nitrogens with one attached hydrogen (secondary N) is 2. The quantitative estimate of drug-likeness (QED) is 0.689. The van der Waals surface area contributed by atoms with Crippen molar-refractivity contribution in [2.75, 3.05) is 16.8 Å². The highest BCUT2D eigenvalue weighted by molar-refractivity contribution is 6.25. The molecule has 152 valence electrons. The SMILES string of the molecule is O=C1[C@H]2[C@H]3CCC[NH+]3[C@@]3(C(=O)Nc4ccc(F)cc43)[C@@H]2C(=O)N1c1ccc(F)cc1. The average molecular weight is 410 g/mol. The summed E-state index contributed by atoms with van der Waals surface area (Å²) in [6.07, 6.45) is 1.54. The molecule has 0 bridgehead atoms. The number of rotatable bonds is 1. The molecule has 5 atom stereocenters. The summed E-state index contributed by atoms with van der Waals surface area (Å²) in [4.78, 5) is 42.4. The maximum absolute atomic E-state index is 14.2. The Hall–Kier alpha value is -3.13. The third kappa shape index (κ3) is 1.92. The third-order valence-electron chi connectivity index (χ3n) is 7.26. The fourth-order valence-electron chi connectivity index (χ4n) is 6.28. The molecule has 2 aromatic rings. The lowest BCUT2D eigenvalue weighted by molar-refractivity contribution is -0.948. The van der Waals surface area contributed by atoms with Crippen molar-refractivity contribution < 1.29 is 28.1 Å². The highest BCUT2D eigenvalue weighted by Gasteiger charge is 2.78. The summed E-state index contributed by atoms with van der Waals surface area (Å²) < 4.78 is 27.6. The first-order valence-corrected chi connectivity index (χ1v) is 10.1. The molecule has 3 amide bonds. The molecular formula is C22H18F2N3O3+. The predicted molar refractivity (Wildman–Crippen MR) is 101 cm³/mol. The van der Waals surface area contributed by atoms with Crippen LogP contribution in [-0.2, 0) is 19.9 Å². The van der Waals surface area contributed by atoms with Crippen molar-refractivity contribution in [1.82, 2.24) is 0 Å². The second kappa shape index (κ2) is 5.72. The number of carbonyl (C=O) groups is 3. The van der Waals surface area contributed by atoms with Gasteiger partial charge in [-0.1, -0.05) is 0 Å². The summed E-state index contributed by atoms with van der Waals surface area (Å²) >= 11 is 0. The van der Waals surface area contributed by atoms with Crippen molar-refractivity contribution in [2.24, 2.45) is 11.8 Å². The van der Waals surface area contributed by atoms with Crippen LogP contribution in [0.25, 0.3) is 0 Å². The van der Waals surface area contributed by atoms with E-state index in [-0.39, 0.29) is 23.5 Å². The van der Waals surface area contributed by atoms with Gasteiger partial charge in [-0.05, 0) is 42.5 Å². The minimum Gasteiger partial charge on any atom is -0.320 e. The van der Waals surface area contributed by atoms with Crippen LogP contribution in [0.4, 0.5) is 20.2 Å². The van der Waals surface area contributed by atoms with Gasteiger partial charge in [-0.25, -0.2) is 13.7 Å². The average Bonchev–Trinajstić information content (AvgIpc) is 3.42. The van der Waals surface area contributed by atoms with Gasteiger partial charge in [0, 0.05) is 18.4 Å². The molecule has 6 nitrogen and oxygen atoms in total. The number of fused-ring (bicyclic) bond motifs is 7. The number of hydrogen-bond donors (Lipinski definition) is 2. The van der Waals surface area contributed by atoms with Crippen LogP contribution in [0.5, 0.6) is 0 Å². The molecule has 8 heteroatoms. The summed E-state index contributed by atoms with van der Waals surface area (Å²) in [6, 6.07) is 9.07. The summed E-state index contributed by atoms with van der Waals surface area (Å²) in [7, 11) is 0. The number of carbonyl (C=O) groups excluding carboxylic acids is 3. The van der Waals surface area contributed by atoms with Gasteiger partial charge in [-0.3, -0.25) is 14.4 Å². The maximum Gasteiger partial charge on any atom is 0.291 e. The Morgan fingerprint density at radius 3 is 2.50 bits per heavy atom. The van der Waals surface area contributed by atoms with E-state index in [0.29, 0.717) is 24.2 Å². The number of benzene rings is 2. The molecule has 0 saturated carbocycles. The molecule has 6 rings (SSSR count). The van der Waals surface area contributed by atoms with Crippen LogP contribution in [0.15, 0.2) is 42.5 Å². The van der Waals surface area contributed by atoms with Crippen molar-refractivity contribution in [1.29, 1.82) is 0 Å². The molecule has 30 heavy (non-hydrogen) atoms. The van der Waals surface area contributed by atoms with E-state index in [1.165, 1.54) is 42.5 Å². The lowest BCUT2D eigenvalue weighted by Gasteiger charge is -2.33. The van der Waals surface area contributed by atoms with Crippen LogP contribution in [0.2, 0.25) is 0 Å². The van der Waals surface area contributed by atoms with E-state index in [2.05, 4.69) is 5.32 Å². The normalized spacial score (nSPS) is 33.8. The van der Waals surface area contributed by atoms with Crippen molar-refractivity contribution in [3.63, 3.8) is 0 Å². The molecule has 1 spiro atoms. The minimum atomic E-state index is -1.33. The van der Waals surface area contributed by atoms with Crippen molar-refractivity contribution >= 4 is 29.1 Å². The molecule has 0 aliphatic carbocycles. The largest absolute Gasteiger partial charge is 0.320 e. The summed E-state index contributed by atoms with van der Waals surface area (Å²) in [5.41, 5.74) is -0.108. The molecule has 0 radical (unpaired) electrons. The molecular weight excluding hydrogens is 392 g/mol. The van der Waals surface area contributed by atoms with Gasteiger partial charge in [0.1, 0.15) is 29.5 Å². The zero-order valence-corrected chi connectivity index (χ0v) is 15.8. The van der Waals surface area contributed by atoms with Crippen LogP contribution in [0.1, 0.15) is 18.4 Å². The van der Waals surface area contributed by atoms with E-state index >= 15 is 0 Å². The second-order valence-corrected chi connectivity index (χ2v) is 8.47.